The summed E-state index contributed by atoms with van der Waals surface area (Å²) in [6.45, 7) is 2.24. The van der Waals surface area contributed by atoms with Gasteiger partial charge < -0.3 is 40.1 Å². The Hall–Kier alpha value is -7.48. The number of nitrogens with two attached hydrogens (primary N) is 1. The van der Waals surface area contributed by atoms with Crippen LogP contribution in [0.5, 0.6) is 40.2 Å². The van der Waals surface area contributed by atoms with E-state index in [0.29, 0.717) is 52.6 Å². The molecule has 0 bridgehead atoms. The van der Waals surface area contributed by atoms with E-state index >= 15 is 0 Å². The van der Waals surface area contributed by atoms with Gasteiger partial charge in [-0.15, -0.1) is 0 Å². The van der Waals surface area contributed by atoms with Crippen molar-refractivity contribution < 1.29 is 42.1 Å². The fraction of sp³-hybridized carbons (Fsp3) is 0.136. The van der Waals surface area contributed by atoms with Gasteiger partial charge in [0.15, 0.2) is 34.6 Å². The van der Waals surface area contributed by atoms with Crippen LogP contribution in [0.15, 0.2) is 116 Å². The van der Waals surface area contributed by atoms with Crippen LogP contribution < -0.4 is 40.1 Å². The Morgan fingerprint density at radius 2 is 1.19 bits per heavy atom. The summed E-state index contributed by atoms with van der Waals surface area (Å²) < 4.78 is 56.1. The quantitative estimate of drug-likeness (QED) is 0.0858. The Labute approximate surface area is 332 Å². The van der Waals surface area contributed by atoms with E-state index in [1.807, 2.05) is 49.4 Å². The summed E-state index contributed by atoms with van der Waals surface area (Å²) in [5.74, 6) is -0.315. The standard InChI is InChI=1S/C27H24FN3O5.C17H15FN2O2/c1-34-24-15-19-21(16-25(24)35-2)29-13-11-22(19)36-23-9-8-18(14-20(23)28)31-27(33)26(32)30-12-10-17-6-4-3-5-7-17;1-10-7-14-12(9-17(10)21-2)15(5-6-20-14)22-16-4-3-11(19)8-13(16)18/h3-9,11,13-16H,10,12H2,1-2H3,(H,30,32)(H,31,33);3-9H,19H2,1-2H3. The predicted octanol–water partition coefficient (Wildman–Crippen LogP) is 8.55. The van der Waals surface area contributed by atoms with Gasteiger partial charge in [0, 0.05) is 59.3 Å². The number of aryl methyl sites for hydroxylation is 1. The van der Waals surface area contributed by atoms with E-state index in [1.54, 1.807) is 43.6 Å². The third-order valence-corrected chi connectivity index (χ3v) is 8.76. The first-order chi connectivity index (χ1) is 28.1. The van der Waals surface area contributed by atoms with Gasteiger partial charge in [-0.05, 0) is 79.1 Å². The van der Waals surface area contributed by atoms with Crippen molar-refractivity contribution in [1.82, 2.24) is 15.3 Å². The van der Waals surface area contributed by atoms with Crippen molar-refractivity contribution in [1.29, 1.82) is 0 Å². The molecule has 2 amide bonds. The largest absolute Gasteiger partial charge is 0.496 e. The number of aromatic nitrogens is 2. The molecule has 0 saturated carbocycles. The SMILES string of the molecule is COc1cc2c(Oc3ccc(N)cc3F)ccnc2cc1C.COc1cc2nccc(Oc3ccc(NC(=O)C(=O)NCCc4ccccc4)cc3F)c2cc1OC. The molecule has 14 heteroatoms. The first-order valence-corrected chi connectivity index (χ1v) is 17.8. The van der Waals surface area contributed by atoms with Crippen LogP contribution in [-0.4, -0.2) is 49.7 Å². The van der Waals surface area contributed by atoms with Crippen LogP contribution in [0.25, 0.3) is 21.8 Å². The lowest BCUT2D eigenvalue weighted by Gasteiger charge is -2.13. The molecule has 4 N–H and O–H groups in total. The number of carbonyl (C=O) groups is 2. The zero-order valence-electron chi connectivity index (χ0n) is 32.0. The fourth-order valence-corrected chi connectivity index (χ4v) is 5.83. The van der Waals surface area contributed by atoms with Crippen LogP contribution in [0, 0.1) is 18.6 Å². The highest BCUT2D eigenvalue weighted by molar-refractivity contribution is 6.39. The first-order valence-electron chi connectivity index (χ1n) is 17.8. The Bertz CT molecular complexity index is 2590. The maximum atomic E-state index is 14.8. The van der Waals surface area contributed by atoms with Crippen LogP contribution >= 0.6 is 0 Å². The second kappa shape index (κ2) is 18.4. The molecule has 0 radical (unpaired) electrons. The number of nitrogens with one attached hydrogen (secondary N) is 2. The highest BCUT2D eigenvalue weighted by Gasteiger charge is 2.17. The van der Waals surface area contributed by atoms with E-state index in [1.165, 1.54) is 44.7 Å². The molecule has 2 aromatic heterocycles. The number of anilines is 2. The molecule has 7 rings (SSSR count). The number of fused-ring (bicyclic) bond motifs is 2. The highest BCUT2D eigenvalue weighted by atomic mass is 19.1. The number of hydrogen-bond acceptors (Lipinski definition) is 10. The number of amides is 2. The Morgan fingerprint density at radius 1 is 0.621 bits per heavy atom. The summed E-state index contributed by atoms with van der Waals surface area (Å²) in [7, 11) is 4.63. The van der Waals surface area contributed by atoms with Gasteiger partial charge in [-0.1, -0.05) is 30.3 Å². The van der Waals surface area contributed by atoms with Crippen molar-refractivity contribution >= 4 is 45.0 Å². The third-order valence-electron chi connectivity index (χ3n) is 8.76. The smallest absolute Gasteiger partial charge is 0.313 e. The Balaban J connectivity index is 0.000000220. The summed E-state index contributed by atoms with van der Waals surface area (Å²) >= 11 is 0. The van der Waals surface area contributed by atoms with Crippen molar-refractivity contribution in [2.75, 3.05) is 38.9 Å². The number of nitrogen functional groups attached to an aromatic ring is 1. The number of hydrogen-bond donors (Lipinski definition) is 3. The minimum absolute atomic E-state index is 0.0670. The van der Waals surface area contributed by atoms with Crippen molar-refractivity contribution in [3.8, 4) is 40.2 Å². The van der Waals surface area contributed by atoms with Crippen LogP contribution in [-0.2, 0) is 16.0 Å². The van der Waals surface area contributed by atoms with Gasteiger partial charge in [-0.3, -0.25) is 19.6 Å². The summed E-state index contributed by atoms with van der Waals surface area (Å²) in [4.78, 5) is 32.9. The maximum absolute atomic E-state index is 14.8. The number of ether oxygens (including phenoxy) is 5. The van der Waals surface area contributed by atoms with Crippen LogP contribution in [0.4, 0.5) is 20.2 Å². The third kappa shape index (κ3) is 9.66. The summed E-state index contributed by atoms with van der Waals surface area (Å²) in [6.07, 6.45) is 3.74. The van der Waals surface area contributed by atoms with Crippen molar-refractivity contribution in [2.45, 2.75) is 13.3 Å². The van der Waals surface area contributed by atoms with Crippen LogP contribution in [0.3, 0.4) is 0 Å². The Kier molecular flexibility index (Phi) is 12.8. The molecular weight excluding hydrogens is 749 g/mol. The maximum Gasteiger partial charge on any atom is 0.313 e. The minimum atomic E-state index is -0.891. The normalized spacial score (nSPS) is 10.6. The molecule has 0 aliphatic heterocycles. The first kappa shape index (κ1) is 40.2. The van der Waals surface area contributed by atoms with E-state index < -0.39 is 23.4 Å². The highest BCUT2D eigenvalue weighted by Crippen LogP contribution is 2.38. The number of pyridine rings is 2. The van der Waals surface area contributed by atoms with Gasteiger partial charge in [0.05, 0.1) is 32.4 Å². The molecule has 0 unspecified atom stereocenters. The molecule has 5 aromatic carbocycles. The van der Waals surface area contributed by atoms with Crippen LogP contribution in [0.1, 0.15) is 11.1 Å². The van der Waals surface area contributed by atoms with E-state index in [4.69, 9.17) is 29.4 Å². The van der Waals surface area contributed by atoms with Gasteiger partial charge in [-0.25, -0.2) is 8.78 Å². The van der Waals surface area contributed by atoms with Crippen molar-refractivity contribution in [3.05, 3.63) is 138 Å². The molecule has 0 spiro atoms. The minimum Gasteiger partial charge on any atom is -0.496 e. The summed E-state index contributed by atoms with van der Waals surface area (Å²) in [6, 6.07) is 28.2. The molecule has 296 valence electrons. The molecular formula is C44H39F2N5O7. The van der Waals surface area contributed by atoms with Crippen molar-refractivity contribution in [2.24, 2.45) is 0 Å². The lowest BCUT2D eigenvalue weighted by molar-refractivity contribution is -0.136. The molecule has 0 aliphatic carbocycles. The fourth-order valence-electron chi connectivity index (χ4n) is 5.83. The van der Waals surface area contributed by atoms with E-state index in [-0.39, 0.29) is 17.2 Å². The molecule has 0 aliphatic rings. The topological polar surface area (TPSA) is 156 Å². The average Bonchev–Trinajstić information content (AvgIpc) is 3.22. The summed E-state index contributed by atoms with van der Waals surface area (Å²) in [5, 5.41) is 6.29. The number of benzene rings is 5. The lowest BCUT2D eigenvalue weighted by Crippen LogP contribution is -2.36. The molecule has 58 heavy (non-hydrogen) atoms. The van der Waals surface area contributed by atoms with E-state index in [2.05, 4.69) is 20.6 Å². The monoisotopic (exact) mass is 787 g/mol. The lowest BCUT2D eigenvalue weighted by atomic mass is 10.1. The zero-order chi connectivity index (χ0) is 41.2. The van der Waals surface area contributed by atoms with Crippen molar-refractivity contribution in [3.63, 3.8) is 0 Å². The predicted molar refractivity (Wildman–Crippen MR) is 217 cm³/mol. The van der Waals surface area contributed by atoms with Gasteiger partial charge in [0.2, 0.25) is 0 Å². The average molecular weight is 788 g/mol. The number of methoxy groups -OCH3 is 3. The number of carbonyl (C=O) groups excluding carboxylic acids is 2. The Morgan fingerprint density at radius 3 is 1.79 bits per heavy atom. The molecule has 0 atom stereocenters. The van der Waals surface area contributed by atoms with Gasteiger partial charge >= 0.3 is 11.8 Å². The van der Waals surface area contributed by atoms with Gasteiger partial charge in [-0.2, -0.15) is 0 Å². The van der Waals surface area contributed by atoms with E-state index in [9.17, 15) is 18.4 Å². The van der Waals surface area contributed by atoms with Gasteiger partial charge in [0.25, 0.3) is 0 Å². The van der Waals surface area contributed by atoms with E-state index in [0.717, 1.165) is 33.8 Å². The molecule has 7 aromatic rings. The number of nitrogens with zero attached hydrogens (tertiary/aromatic N) is 2. The van der Waals surface area contributed by atoms with Gasteiger partial charge in [0.1, 0.15) is 17.2 Å². The molecule has 0 fully saturated rings. The molecule has 2 heterocycles. The molecule has 12 nitrogen and oxygen atoms in total. The van der Waals surface area contributed by atoms with Crippen LogP contribution in [0.2, 0.25) is 0 Å². The second-order valence-electron chi connectivity index (χ2n) is 12.7. The zero-order valence-corrected chi connectivity index (χ0v) is 32.0. The second-order valence-corrected chi connectivity index (χ2v) is 12.7. The molecule has 0 saturated heterocycles. The number of halogens is 2. The summed E-state index contributed by atoms with van der Waals surface area (Å²) in [5.41, 5.74) is 9.35. The number of rotatable bonds is 11.